The Balaban J connectivity index is 1.07. The summed E-state index contributed by atoms with van der Waals surface area (Å²) in [5, 5.41) is 2.29. The molecule has 2 heterocycles. The van der Waals surface area contributed by atoms with Gasteiger partial charge in [-0.1, -0.05) is 176 Å². The molecule has 0 saturated heterocycles. The molecule has 8 aromatic carbocycles. The Kier molecular flexibility index (Phi) is 6.77. The van der Waals surface area contributed by atoms with Crippen LogP contribution < -0.4 is 4.74 Å². The molecule has 54 heavy (non-hydrogen) atoms. The van der Waals surface area contributed by atoms with Gasteiger partial charge in [0, 0.05) is 33.2 Å². The Hall–Kier alpha value is -7.10. The van der Waals surface area contributed by atoms with Crippen molar-refractivity contribution in [2.24, 2.45) is 0 Å². The van der Waals surface area contributed by atoms with E-state index in [0.29, 0.717) is 5.82 Å². The lowest BCUT2D eigenvalue weighted by Crippen LogP contribution is -2.32. The Labute approximate surface area is 313 Å². The molecule has 1 aliphatic carbocycles. The maximum atomic E-state index is 6.96. The van der Waals surface area contributed by atoms with Crippen molar-refractivity contribution in [2.45, 2.75) is 5.41 Å². The second-order valence-corrected chi connectivity index (χ2v) is 14.1. The first kappa shape index (κ1) is 30.5. The second kappa shape index (κ2) is 12.0. The first-order valence-corrected chi connectivity index (χ1v) is 18.4. The molecule has 1 aliphatic heterocycles. The van der Waals surface area contributed by atoms with E-state index in [0.717, 1.165) is 61.7 Å². The van der Waals surface area contributed by atoms with Gasteiger partial charge in [-0.25, -0.2) is 9.97 Å². The van der Waals surface area contributed by atoms with Crippen molar-refractivity contribution in [3.8, 4) is 67.7 Å². The number of benzene rings is 8. The molecule has 11 rings (SSSR count). The highest BCUT2D eigenvalue weighted by Crippen LogP contribution is 2.63. The molecule has 1 aromatic heterocycles. The molecule has 3 nitrogen and oxygen atoms in total. The van der Waals surface area contributed by atoms with Crippen LogP contribution >= 0.6 is 0 Å². The highest BCUT2D eigenvalue weighted by molar-refractivity contribution is 5.96. The lowest BCUT2D eigenvalue weighted by molar-refractivity contribution is 0.442. The van der Waals surface area contributed by atoms with E-state index in [-0.39, 0.29) is 0 Å². The zero-order chi connectivity index (χ0) is 35.6. The highest BCUT2D eigenvalue weighted by Gasteiger charge is 2.51. The van der Waals surface area contributed by atoms with Crippen LogP contribution in [0.1, 0.15) is 22.3 Å². The van der Waals surface area contributed by atoms with Gasteiger partial charge < -0.3 is 4.74 Å². The minimum Gasteiger partial charge on any atom is -0.456 e. The molecular formula is C51H32N2O. The van der Waals surface area contributed by atoms with E-state index >= 15 is 0 Å². The Morgan fingerprint density at radius 1 is 0.370 bits per heavy atom. The smallest absolute Gasteiger partial charge is 0.160 e. The highest BCUT2D eigenvalue weighted by atomic mass is 16.5. The van der Waals surface area contributed by atoms with Crippen molar-refractivity contribution in [3.05, 3.63) is 216 Å². The van der Waals surface area contributed by atoms with Crippen LogP contribution in [0.25, 0.3) is 66.9 Å². The van der Waals surface area contributed by atoms with Crippen molar-refractivity contribution in [1.82, 2.24) is 9.97 Å². The molecule has 0 bridgehead atoms. The van der Waals surface area contributed by atoms with Crippen molar-refractivity contribution >= 4 is 10.8 Å². The average molecular weight is 689 g/mol. The van der Waals surface area contributed by atoms with E-state index in [1.807, 2.05) is 36.4 Å². The summed E-state index contributed by atoms with van der Waals surface area (Å²) in [7, 11) is 0. The fourth-order valence-electron chi connectivity index (χ4n) is 8.71. The molecule has 252 valence electrons. The summed E-state index contributed by atoms with van der Waals surface area (Å²) in [6.07, 6.45) is 0. The fourth-order valence-corrected chi connectivity index (χ4v) is 8.71. The van der Waals surface area contributed by atoms with Crippen LogP contribution in [0.4, 0.5) is 0 Å². The standard InChI is InChI=1S/C51H32N2O/c1-3-14-35(15-4-1)46-32-47(53-50(52-46)37-16-5-2-6-17-37)36-25-23-33(24-26-36)38-28-30-48-45(31-38)51(44-29-27-34-13-7-8-18-39(34)49(44)54-48)42-21-11-9-19-40(42)41-20-10-12-22-43(41)51/h1-32H. The quantitative estimate of drug-likeness (QED) is 0.185. The molecular weight excluding hydrogens is 657 g/mol. The normalized spacial score (nSPS) is 13.1. The molecule has 1 spiro atoms. The number of ether oxygens (including phenoxy) is 1. The van der Waals surface area contributed by atoms with Crippen LogP contribution in [0, 0.1) is 0 Å². The number of hydrogen-bond acceptors (Lipinski definition) is 3. The van der Waals surface area contributed by atoms with Crippen molar-refractivity contribution in [2.75, 3.05) is 0 Å². The van der Waals surface area contributed by atoms with Gasteiger partial charge in [-0.15, -0.1) is 0 Å². The molecule has 9 aromatic rings. The first-order chi connectivity index (χ1) is 26.8. The average Bonchev–Trinajstić information content (AvgIpc) is 3.54. The monoisotopic (exact) mass is 688 g/mol. The van der Waals surface area contributed by atoms with E-state index in [1.165, 1.54) is 33.2 Å². The third kappa shape index (κ3) is 4.55. The Morgan fingerprint density at radius 3 is 1.63 bits per heavy atom. The number of nitrogens with zero attached hydrogens (tertiary/aromatic N) is 2. The predicted octanol–water partition coefficient (Wildman–Crippen LogP) is 12.8. The van der Waals surface area contributed by atoms with Crippen LogP contribution in [-0.4, -0.2) is 9.97 Å². The van der Waals surface area contributed by atoms with Crippen LogP contribution in [0.15, 0.2) is 194 Å². The zero-order valence-electron chi connectivity index (χ0n) is 29.3. The van der Waals surface area contributed by atoms with E-state index in [2.05, 4.69) is 158 Å². The van der Waals surface area contributed by atoms with E-state index in [1.54, 1.807) is 0 Å². The summed E-state index contributed by atoms with van der Waals surface area (Å²) in [5.41, 5.74) is 14.0. The predicted molar refractivity (Wildman–Crippen MR) is 219 cm³/mol. The van der Waals surface area contributed by atoms with E-state index in [9.17, 15) is 0 Å². The number of hydrogen-bond donors (Lipinski definition) is 0. The third-order valence-electron chi connectivity index (χ3n) is 11.2. The molecule has 0 radical (unpaired) electrons. The van der Waals surface area contributed by atoms with E-state index in [4.69, 9.17) is 14.7 Å². The molecule has 3 heteroatoms. The van der Waals surface area contributed by atoms with Crippen molar-refractivity contribution in [1.29, 1.82) is 0 Å². The number of rotatable bonds is 4. The van der Waals surface area contributed by atoms with Gasteiger partial charge in [0.15, 0.2) is 5.82 Å². The molecule has 0 fully saturated rings. The largest absolute Gasteiger partial charge is 0.456 e. The minimum absolute atomic E-state index is 0.543. The third-order valence-corrected chi connectivity index (χ3v) is 11.2. The molecule has 0 N–H and O–H groups in total. The van der Waals surface area contributed by atoms with Gasteiger partial charge in [-0.05, 0) is 57.0 Å². The van der Waals surface area contributed by atoms with Crippen LogP contribution in [-0.2, 0) is 5.41 Å². The first-order valence-electron chi connectivity index (χ1n) is 18.4. The summed E-state index contributed by atoms with van der Waals surface area (Å²) >= 11 is 0. The Bertz CT molecular complexity index is 2790. The molecule has 0 atom stereocenters. The van der Waals surface area contributed by atoms with Gasteiger partial charge in [0.25, 0.3) is 0 Å². The number of aromatic nitrogens is 2. The van der Waals surface area contributed by atoms with Gasteiger partial charge in [-0.3, -0.25) is 0 Å². The second-order valence-electron chi connectivity index (χ2n) is 14.1. The van der Waals surface area contributed by atoms with Gasteiger partial charge in [0.1, 0.15) is 11.5 Å². The van der Waals surface area contributed by atoms with Gasteiger partial charge in [0.05, 0.1) is 16.8 Å². The minimum atomic E-state index is -0.543. The molecule has 0 unspecified atom stereocenters. The maximum absolute atomic E-state index is 6.96. The summed E-state index contributed by atoms with van der Waals surface area (Å²) < 4.78 is 6.96. The maximum Gasteiger partial charge on any atom is 0.160 e. The van der Waals surface area contributed by atoms with Gasteiger partial charge >= 0.3 is 0 Å². The lowest BCUT2D eigenvalue weighted by atomic mass is 9.65. The molecule has 0 amide bonds. The summed E-state index contributed by atoms with van der Waals surface area (Å²) in [6.45, 7) is 0. The van der Waals surface area contributed by atoms with E-state index < -0.39 is 5.41 Å². The number of fused-ring (bicyclic) bond motifs is 11. The van der Waals surface area contributed by atoms with Crippen molar-refractivity contribution < 1.29 is 4.74 Å². The fraction of sp³-hybridized carbons (Fsp3) is 0.0196. The topological polar surface area (TPSA) is 35.0 Å². The van der Waals surface area contributed by atoms with Gasteiger partial charge in [-0.2, -0.15) is 0 Å². The van der Waals surface area contributed by atoms with Gasteiger partial charge in [0.2, 0.25) is 0 Å². The van der Waals surface area contributed by atoms with Crippen LogP contribution in [0.3, 0.4) is 0 Å². The summed E-state index contributed by atoms with van der Waals surface area (Å²) in [5.74, 6) is 2.52. The Morgan fingerprint density at radius 2 is 0.926 bits per heavy atom. The summed E-state index contributed by atoms with van der Waals surface area (Å²) in [6, 6.07) is 68.9. The van der Waals surface area contributed by atoms with Crippen LogP contribution in [0.5, 0.6) is 11.5 Å². The summed E-state index contributed by atoms with van der Waals surface area (Å²) in [4.78, 5) is 10.0. The molecule has 2 aliphatic rings. The van der Waals surface area contributed by atoms with Crippen molar-refractivity contribution in [3.63, 3.8) is 0 Å². The lowest BCUT2D eigenvalue weighted by Gasteiger charge is -2.40. The SMILES string of the molecule is c1ccc(-c2cc(-c3ccc(-c4ccc5c(c4)C4(c6ccccc6-c6ccccc64)c4ccc6ccccc6c4O5)cc3)nc(-c3ccccc3)n2)cc1. The zero-order valence-corrected chi connectivity index (χ0v) is 29.3. The molecule has 0 saturated carbocycles. The van der Waals surface area contributed by atoms with Crippen LogP contribution in [0.2, 0.25) is 0 Å².